The molecule has 0 saturated heterocycles. The van der Waals surface area contributed by atoms with E-state index in [9.17, 15) is 14.4 Å². The summed E-state index contributed by atoms with van der Waals surface area (Å²) in [6.45, 7) is 0. The van der Waals surface area contributed by atoms with Crippen molar-refractivity contribution in [1.29, 1.82) is 0 Å². The first-order valence-corrected chi connectivity index (χ1v) is 5.48. The van der Waals surface area contributed by atoms with Crippen LogP contribution in [0, 0.1) is 0 Å². The van der Waals surface area contributed by atoms with E-state index in [1.165, 1.54) is 19.2 Å². The molecule has 0 aliphatic carbocycles. The van der Waals surface area contributed by atoms with E-state index in [0.29, 0.717) is 0 Å². The van der Waals surface area contributed by atoms with Crippen molar-refractivity contribution in [2.45, 2.75) is 12.3 Å². The summed E-state index contributed by atoms with van der Waals surface area (Å²) >= 11 is 0. The first-order chi connectivity index (χ1) is 9.01. The first kappa shape index (κ1) is 14.7. The summed E-state index contributed by atoms with van der Waals surface area (Å²) in [7, 11) is 2.38. The second-order valence-electron chi connectivity index (χ2n) is 3.75. The summed E-state index contributed by atoms with van der Waals surface area (Å²) in [5.74, 6) is -3.54. The minimum atomic E-state index is -1.16. The van der Waals surface area contributed by atoms with Crippen LogP contribution in [0.5, 0.6) is 0 Å². The van der Waals surface area contributed by atoms with Gasteiger partial charge in [0.25, 0.3) is 0 Å². The van der Waals surface area contributed by atoms with Gasteiger partial charge in [-0.2, -0.15) is 0 Å². The van der Waals surface area contributed by atoms with E-state index in [-0.39, 0.29) is 11.1 Å². The molecule has 1 unspecified atom stereocenters. The van der Waals surface area contributed by atoms with Gasteiger partial charge in [-0.05, 0) is 11.6 Å². The number of hydrogen-bond donors (Lipinski definition) is 1. The summed E-state index contributed by atoms with van der Waals surface area (Å²) < 4.78 is 9.19. The lowest BCUT2D eigenvalue weighted by molar-refractivity contribution is -0.147. The monoisotopic (exact) mass is 266 g/mol. The van der Waals surface area contributed by atoms with E-state index in [1.54, 1.807) is 12.1 Å². The van der Waals surface area contributed by atoms with E-state index in [2.05, 4.69) is 9.47 Å². The van der Waals surface area contributed by atoms with Crippen LogP contribution in [0.3, 0.4) is 0 Å². The quantitative estimate of drug-likeness (QED) is 0.805. The van der Waals surface area contributed by atoms with Crippen molar-refractivity contribution in [2.75, 3.05) is 14.2 Å². The van der Waals surface area contributed by atoms with E-state index in [1.807, 2.05) is 0 Å². The molecule has 0 fully saturated rings. The number of carboxylic acids is 1. The Morgan fingerprint density at radius 1 is 1.16 bits per heavy atom. The van der Waals surface area contributed by atoms with Crippen molar-refractivity contribution in [3.63, 3.8) is 0 Å². The molecule has 19 heavy (non-hydrogen) atoms. The van der Waals surface area contributed by atoms with E-state index in [0.717, 1.165) is 7.11 Å². The molecule has 1 aromatic rings. The second kappa shape index (κ2) is 6.53. The zero-order chi connectivity index (χ0) is 14.4. The molecule has 0 radical (unpaired) electrons. The zero-order valence-electron chi connectivity index (χ0n) is 10.6. The molecule has 102 valence electrons. The maximum atomic E-state index is 11.7. The van der Waals surface area contributed by atoms with Gasteiger partial charge >= 0.3 is 17.9 Å². The number of carboxylic acid groups (broad SMARTS) is 1. The highest BCUT2D eigenvalue weighted by Gasteiger charge is 2.28. The Bertz CT molecular complexity index is 494. The lowest BCUT2D eigenvalue weighted by Crippen LogP contribution is -2.20. The molecular formula is C13H14O6. The molecular weight excluding hydrogens is 252 g/mol. The maximum Gasteiger partial charge on any atom is 0.338 e. The fraction of sp³-hybridized carbons (Fsp3) is 0.308. The van der Waals surface area contributed by atoms with Crippen LogP contribution in [0.4, 0.5) is 0 Å². The van der Waals surface area contributed by atoms with Gasteiger partial charge in [0.15, 0.2) is 0 Å². The molecule has 0 spiro atoms. The van der Waals surface area contributed by atoms with E-state index in [4.69, 9.17) is 5.11 Å². The number of carbonyl (C=O) groups is 3. The highest BCUT2D eigenvalue weighted by Crippen LogP contribution is 2.25. The smallest absolute Gasteiger partial charge is 0.338 e. The summed E-state index contributed by atoms with van der Waals surface area (Å²) in [5, 5.41) is 8.85. The number of carbonyl (C=O) groups excluding carboxylic acids is 2. The lowest BCUT2D eigenvalue weighted by atomic mass is 9.91. The van der Waals surface area contributed by atoms with Crippen LogP contribution in [-0.2, 0) is 19.1 Å². The number of esters is 2. The fourth-order valence-corrected chi connectivity index (χ4v) is 1.73. The van der Waals surface area contributed by atoms with Crippen molar-refractivity contribution in [3.05, 3.63) is 35.4 Å². The van der Waals surface area contributed by atoms with Crippen LogP contribution >= 0.6 is 0 Å². The molecule has 0 saturated carbocycles. The molecule has 6 heteroatoms. The average molecular weight is 266 g/mol. The van der Waals surface area contributed by atoms with Crippen LogP contribution in [-0.4, -0.2) is 37.2 Å². The number of aliphatic carboxylic acids is 1. The summed E-state index contributed by atoms with van der Waals surface area (Å²) in [6.07, 6.45) is -0.458. The number of hydrogen-bond acceptors (Lipinski definition) is 5. The second-order valence-corrected chi connectivity index (χ2v) is 3.75. The van der Waals surface area contributed by atoms with Crippen LogP contribution in [0.15, 0.2) is 24.3 Å². The Labute approximate surface area is 109 Å². The number of rotatable bonds is 5. The third-order valence-electron chi connectivity index (χ3n) is 2.61. The zero-order valence-corrected chi connectivity index (χ0v) is 10.6. The summed E-state index contributed by atoms with van der Waals surface area (Å²) in [5.41, 5.74) is 0.435. The minimum Gasteiger partial charge on any atom is -0.481 e. The number of benzene rings is 1. The maximum absolute atomic E-state index is 11.7. The van der Waals surface area contributed by atoms with E-state index < -0.39 is 30.2 Å². The number of ether oxygens (including phenoxy) is 2. The number of methoxy groups -OCH3 is 2. The molecule has 0 heterocycles. The standard InChI is InChI=1S/C13H14O6/c1-18-12(16)9-6-4-3-5-8(9)10(7-11(14)15)13(17)19-2/h3-6,10H,7H2,1-2H3,(H,14,15). The van der Waals surface area contributed by atoms with Gasteiger partial charge in [-0.3, -0.25) is 9.59 Å². The molecule has 1 atom stereocenters. The SMILES string of the molecule is COC(=O)c1ccccc1C(CC(=O)O)C(=O)OC. The summed E-state index contributed by atoms with van der Waals surface area (Å²) in [6, 6.07) is 6.19. The Kier molecular flexibility index (Phi) is 5.05. The van der Waals surface area contributed by atoms with Crippen LogP contribution in [0.25, 0.3) is 0 Å². The van der Waals surface area contributed by atoms with Crippen LogP contribution in [0.2, 0.25) is 0 Å². The van der Waals surface area contributed by atoms with Gasteiger partial charge in [-0.1, -0.05) is 18.2 Å². The lowest BCUT2D eigenvalue weighted by Gasteiger charge is -2.15. The highest BCUT2D eigenvalue weighted by atomic mass is 16.5. The van der Waals surface area contributed by atoms with Gasteiger partial charge in [0.2, 0.25) is 0 Å². The molecule has 1 N–H and O–H groups in total. The van der Waals surface area contributed by atoms with Crippen molar-refractivity contribution in [2.24, 2.45) is 0 Å². The Hall–Kier alpha value is -2.37. The third-order valence-corrected chi connectivity index (χ3v) is 2.61. The fourth-order valence-electron chi connectivity index (χ4n) is 1.73. The Morgan fingerprint density at radius 2 is 1.79 bits per heavy atom. The first-order valence-electron chi connectivity index (χ1n) is 5.48. The Balaban J connectivity index is 3.25. The van der Waals surface area contributed by atoms with Gasteiger partial charge in [-0.25, -0.2) is 4.79 Å². The van der Waals surface area contributed by atoms with Crippen molar-refractivity contribution < 1.29 is 29.0 Å². The van der Waals surface area contributed by atoms with Gasteiger partial charge in [0.05, 0.1) is 32.1 Å². The van der Waals surface area contributed by atoms with Crippen molar-refractivity contribution >= 4 is 17.9 Å². The van der Waals surface area contributed by atoms with Gasteiger partial charge in [0.1, 0.15) is 0 Å². The minimum absolute atomic E-state index is 0.154. The van der Waals surface area contributed by atoms with Crippen LogP contribution in [0.1, 0.15) is 28.3 Å². The van der Waals surface area contributed by atoms with Crippen LogP contribution < -0.4 is 0 Å². The molecule has 0 amide bonds. The molecule has 1 aromatic carbocycles. The topological polar surface area (TPSA) is 89.9 Å². The molecule has 0 aromatic heterocycles. The summed E-state index contributed by atoms with van der Waals surface area (Å²) in [4.78, 5) is 34.1. The van der Waals surface area contributed by atoms with Gasteiger partial charge in [-0.15, -0.1) is 0 Å². The highest BCUT2D eigenvalue weighted by molar-refractivity contribution is 5.94. The van der Waals surface area contributed by atoms with Crippen molar-refractivity contribution in [1.82, 2.24) is 0 Å². The van der Waals surface area contributed by atoms with E-state index >= 15 is 0 Å². The molecule has 0 aliphatic rings. The predicted molar refractivity (Wildman–Crippen MR) is 64.8 cm³/mol. The van der Waals surface area contributed by atoms with Crippen molar-refractivity contribution in [3.8, 4) is 0 Å². The van der Waals surface area contributed by atoms with Gasteiger partial charge < -0.3 is 14.6 Å². The molecule has 0 bridgehead atoms. The Morgan fingerprint density at radius 3 is 2.32 bits per heavy atom. The average Bonchev–Trinajstić information content (AvgIpc) is 2.43. The van der Waals surface area contributed by atoms with Gasteiger partial charge in [0, 0.05) is 0 Å². The largest absolute Gasteiger partial charge is 0.481 e. The normalized spacial score (nSPS) is 11.5. The molecule has 1 rings (SSSR count). The molecule has 0 aliphatic heterocycles. The predicted octanol–water partition coefficient (Wildman–Crippen LogP) is 1.20. The molecule has 6 nitrogen and oxygen atoms in total. The third kappa shape index (κ3) is 3.54.